The minimum atomic E-state index is -0.701. The SMILES string of the molecule is COC(=O)N[C@H](C(=O)N1CCC[C@H]1c1ncc(C#Cc2ccc(C#Cc3cnc([C@@H]4CCCN4C(=O)[C@@H](NC(=O)OC)C(C)C)[nH]3)c3c2CC2(CCCCC2)C3)[nH]1)C(C)C. The van der Waals surface area contributed by atoms with Gasteiger partial charge in [-0.2, -0.15) is 0 Å². The number of nitrogens with one attached hydrogen (secondary N) is 4. The maximum absolute atomic E-state index is 13.6. The third kappa shape index (κ3) is 9.03. The molecule has 14 heteroatoms. The molecule has 7 rings (SSSR count). The van der Waals surface area contributed by atoms with E-state index in [1.54, 1.807) is 22.2 Å². The number of H-pyrrole nitrogens is 2. The van der Waals surface area contributed by atoms with Crippen LogP contribution < -0.4 is 10.6 Å². The number of aromatic nitrogens is 4. The van der Waals surface area contributed by atoms with Crippen molar-refractivity contribution in [1.29, 1.82) is 0 Å². The molecule has 3 aromatic rings. The van der Waals surface area contributed by atoms with Gasteiger partial charge in [0, 0.05) is 24.2 Å². The van der Waals surface area contributed by atoms with Gasteiger partial charge < -0.3 is 39.9 Å². The van der Waals surface area contributed by atoms with Crippen LogP contribution in [0.1, 0.15) is 143 Å². The first-order chi connectivity index (χ1) is 28.9. The fraction of sp³-hybridized carbons (Fsp3) is 0.565. The minimum absolute atomic E-state index is 0.115. The number of carbonyl (C=O) groups is 4. The lowest BCUT2D eigenvalue weighted by Crippen LogP contribution is -2.51. The quantitative estimate of drug-likeness (QED) is 0.198. The molecule has 2 aliphatic heterocycles. The number of aromatic amines is 2. The number of likely N-dealkylation sites (tertiary alicyclic amines) is 2. The van der Waals surface area contributed by atoms with E-state index in [9.17, 15) is 19.2 Å². The number of imidazole rings is 2. The van der Waals surface area contributed by atoms with Gasteiger partial charge in [0.1, 0.15) is 35.1 Å². The molecule has 1 saturated carbocycles. The van der Waals surface area contributed by atoms with Gasteiger partial charge in [0.25, 0.3) is 0 Å². The molecule has 4 aliphatic rings. The fourth-order valence-corrected chi connectivity index (χ4v) is 9.59. The van der Waals surface area contributed by atoms with Gasteiger partial charge in [0.15, 0.2) is 0 Å². The van der Waals surface area contributed by atoms with E-state index in [1.165, 1.54) is 57.5 Å². The van der Waals surface area contributed by atoms with Crippen LogP contribution in [0.3, 0.4) is 0 Å². The first-order valence-corrected chi connectivity index (χ1v) is 21.5. The zero-order chi connectivity index (χ0) is 42.6. The molecule has 318 valence electrons. The number of methoxy groups -OCH3 is 2. The average Bonchev–Trinajstić information content (AvgIpc) is 4.09. The van der Waals surface area contributed by atoms with Crippen molar-refractivity contribution in [2.24, 2.45) is 17.3 Å². The molecule has 4 atom stereocenters. The van der Waals surface area contributed by atoms with Crippen LogP contribution in [0.2, 0.25) is 0 Å². The van der Waals surface area contributed by atoms with Crippen molar-refractivity contribution < 1.29 is 28.7 Å². The summed E-state index contributed by atoms with van der Waals surface area (Å²) in [4.78, 5) is 71.0. The molecule has 0 bridgehead atoms. The molecule has 4 heterocycles. The summed E-state index contributed by atoms with van der Waals surface area (Å²) in [5, 5.41) is 5.41. The fourth-order valence-electron chi connectivity index (χ4n) is 9.59. The number of amides is 4. The predicted octanol–water partition coefficient (Wildman–Crippen LogP) is 6.07. The van der Waals surface area contributed by atoms with E-state index in [4.69, 9.17) is 9.47 Å². The number of hydrogen-bond donors (Lipinski definition) is 4. The van der Waals surface area contributed by atoms with Gasteiger partial charge in [-0.3, -0.25) is 9.59 Å². The van der Waals surface area contributed by atoms with E-state index in [2.05, 4.69) is 66.4 Å². The second-order valence-electron chi connectivity index (χ2n) is 17.5. The van der Waals surface area contributed by atoms with E-state index in [1.807, 2.05) is 27.7 Å². The molecule has 2 saturated heterocycles. The molecule has 4 N–H and O–H groups in total. The van der Waals surface area contributed by atoms with E-state index < -0.39 is 24.3 Å². The van der Waals surface area contributed by atoms with Crippen LogP contribution in [0.15, 0.2) is 24.5 Å². The van der Waals surface area contributed by atoms with Crippen molar-refractivity contribution in [1.82, 2.24) is 40.4 Å². The van der Waals surface area contributed by atoms with Gasteiger partial charge in [-0.05, 0) is 104 Å². The van der Waals surface area contributed by atoms with Gasteiger partial charge in [-0.1, -0.05) is 58.8 Å². The van der Waals surface area contributed by atoms with Crippen molar-refractivity contribution >= 4 is 24.0 Å². The number of benzene rings is 1. The van der Waals surface area contributed by atoms with Crippen LogP contribution in [-0.4, -0.2) is 93.1 Å². The monoisotopic (exact) mass is 818 g/mol. The lowest BCUT2D eigenvalue weighted by molar-refractivity contribution is -0.136. The van der Waals surface area contributed by atoms with Gasteiger partial charge in [-0.25, -0.2) is 19.6 Å². The third-order valence-corrected chi connectivity index (χ3v) is 12.8. The Kier molecular flexibility index (Phi) is 12.9. The normalized spacial score (nSPS) is 20.2. The second-order valence-corrected chi connectivity index (χ2v) is 17.5. The van der Waals surface area contributed by atoms with Crippen LogP contribution in [-0.2, 0) is 31.9 Å². The number of hydrogen-bond acceptors (Lipinski definition) is 8. The molecule has 1 aromatic carbocycles. The van der Waals surface area contributed by atoms with Gasteiger partial charge >= 0.3 is 12.2 Å². The second kappa shape index (κ2) is 18.2. The van der Waals surface area contributed by atoms with Gasteiger partial charge in [-0.15, -0.1) is 0 Å². The highest BCUT2D eigenvalue weighted by atomic mass is 16.5. The molecule has 4 amide bonds. The molecule has 0 unspecified atom stereocenters. The Hall–Kier alpha value is -5.76. The molecule has 3 fully saturated rings. The van der Waals surface area contributed by atoms with E-state index in [-0.39, 0.29) is 41.1 Å². The first kappa shape index (κ1) is 42.4. The molecule has 2 aromatic heterocycles. The standard InChI is InChI=1S/C46H58N8O6/c1-28(2)38(51-44(57)59-5)42(55)53-22-10-12-36(53)40-47-26-32(49-40)18-16-30-14-15-31(35-25-46(24-34(30)35)20-8-7-9-21-46)17-19-33-27-48-41(50-33)37-13-11-23-54(37)43(56)39(29(3)4)52-45(58)60-6/h14-15,26-29,36-39H,7-13,20-25H2,1-6H3,(H,47,49)(H,48,50)(H,51,57)(H,52,58)/t36-,37-,38-,39-/m0/s1. The number of nitrogens with zero attached hydrogens (tertiary/aromatic N) is 4. The Labute approximate surface area is 352 Å². The molecule has 14 nitrogen and oxygen atoms in total. The highest BCUT2D eigenvalue weighted by molar-refractivity contribution is 5.87. The Balaban J connectivity index is 1.10. The van der Waals surface area contributed by atoms with Crippen molar-refractivity contribution in [3.63, 3.8) is 0 Å². The summed E-state index contributed by atoms with van der Waals surface area (Å²) >= 11 is 0. The first-order valence-electron chi connectivity index (χ1n) is 21.5. The minimum Gasteiger partial charge on any atom is -0.453 e. The summed E-state index contributed by atoms with van der Waals surface area (Å²) in [6, 6.07) is 2.29. The van der Waals surface area contributed by atoms with Crippen molar-refractivity contribution in [2.45, 2.75) is 122 Å². The van der Waals surface area contributed by atoms with E-state index >= 15 is 0 Å². The summed E-state index contributed by atoms with van der Waals surface area (Å²) in [6.45, 7) is 8.77. The number of ether oxygens (including phenoxy) is 2. The summed E-state index contributed by atoms with van der Waals surface area (Å²) < 4.78 is 9.56. The number of fused-ring (bicyclic) bond motifs is 1. The zero-order valence-electron chi connectivity index (χ0n) is 35.7. The highest BCUT2D eigenvalue weighted by Gasteiger charge is 2.41. The summed E-state index contributed by atoms with van der Waals surface area (Å²) in [5.41, 5.74) is 6.11. The smallest absolute Gasteiger partial charge is 0.407 e. The van der Waals surface area contributed by atoms with Crippen molar-refractivity contribution in [3.05, 3.63) is 69.8 Å². The summed E-state index contributed by atoms with van der Waals surface area (Å²) in [7, 11) is 2.58. The Morgan fingerprint density at radius 1 is 0.683 bits per heavy atom. The predicted molar refractivity (Wildman–Crippen MR) is 224 cm³/mol. The topological polar surface area (TPSA) is 175 Å². The highest BCUT2D eigenvalue weighted by Crippen LogP contribution is 2.49. The molecule has 60 heavy (non-hydrogen) atoms. The molecular formula is C46H58N8O6. The molecule has 2 aliphatic carbocycles. The van der Waals surface area contributed by atoms with Crippen molar-refractivity contribution in [2.75, 3.05) is 27.3 Å². The lowest BCUT2D eigenvalue weighted by atomic mass is 9.72. The maximum atomic E-state index is 13.6. The molecule has 1 spiro atoms. The Bertz CT molecular complexity index is 2060. The lowest BCUT2D eigenvalue weighted by Gasteiger charge is -2.33. The van der Waals surface area contributed by atoms with Gasteiger partial charge in [0.2, 0.25) is 11.8 Å². The summed E-state index contributed by atoms with van der Waals surface area (Å²) in [6.07, 6.45) is 13.5. The van der Waals surface area contributed by atoms with Crippen LogP contribution in [0, 0.1) is 40.9 Å². The average molecular weight is 819 g/mol. The Morgan fingerprint density at radius 3 is 1.52 bits per heavy atom. The van der Waals surface area contributed by atoms with E-state index in [0.29, 0.717) is 36.1 Å². The summed E-state index contributed by atoms with van der Waals surface area (Å²) in [5.74, 6) is 14.5. The zero-order valence-corrected chi connectivity index (χ0v) is 35.7. The number of carbonyl (C=O) groups excluding carboxylic acids is 4. The largest absolute Gasteiger partial charge is 0.453 e. The van der Waals surface area contributed by atoms with Crippen LogP contribution >= 0.6 is 0 Å². The van der Waals surface area contributed by atoms with Crippen LogP contribution in [0.25, 0.3) is 0 Å². The Morgan fingerprint density at radius 2 is 1.12 bits per heavy atom. The molecular weight excluding hydrogens is 761 g/mol. The van der Waals surface area contributed by atoms with Crippen LogP contribution in [0.5, 0.6) is 0 Å². The molecule has 0 radical (unpaired) electrons. The number of rotatable bonds is 8. The maximum Gasteiger partial charge on any atom is 0.407 e. The van der Waals surface area contributed by atoms with E-state index in [0.717, 1.165) is 49.7 Å². The van der Waals surface area contributed by atoms with Crippen molar-refractivity contribution in [3.8, 4) is 23.7 Å². The third-order valence-electron chi connectivity index (χ3n) is 12.8. The van der Waals surface area contributed by atoms with Crippen LogP contribution in [0.4, 0.5) is 9.59 Å². The number of alkyl carbamates (subject to hydrolysis) is 2. The van der Waals surface area contributed by atoms with Gasteiger partial charge in [0.05, 0.1) is 38.7 Å².